The van der Waals surface area contributed by atoms with Crippen molar-refractivity contribution in [2.24, 2.45) is 7.05 Å². The van der Waals surface area contributed by atoms with Crippen LogP contribution in [-0.2, 0) is 13.2 Å². The Bertz CT molecular complexity index is 675. The number of carbonyl (C=O) groups is 1. The fourth-order valence-corrected chi connectivity index (χ4v) is 3.04. The second-order valence-corrected chi connectivity index (χ2v) is 5.97. The van der Waals surface area contributed by atoms with E-state index in [2.05, 4.69) is 10.4 Å². The molecule has 0 saturated heterocycles. The molecule has 120 valence electrons. The van der Waals surface area contributed by atoms with E-state index in [1.54, 1.807) is 6.07 Å². The predicted molar refractivity (Wildman–Crippen MR) is 79.2 cm³/mol. The average molecular weight is 331 g/mol. The van der Waals surface area contributed by atoms with E-state index < -0.39 is 23.3 Å². The number of halogens is 3. The number of alkyl halides is 3. The maximum absolute atomic E-state index is 12.9. The second-order valence-electron chi connectivity index (χ2n) is 5.02. The Hall–Kier alpha value is -1.83. The van der Waals surface area contributed by atoms with Gasteiger partial charge in [-0.25, -0.2) is 0 Å². The van der Waals surface area contributed by atoms with Crippen molar-refractivity contribution in [2.75, 3.05) is 5.32 Å². The number of anilines is 1. The van der Waals surface area contributed by atoms with E-state index >= 15 is 0 Å². The van der Waals surface area contributed by atoms with Crippen molar-refractivity contribution in [3.05, 3.63) is 33.8 Å². The summed E-state index contributed by atoms with van der Waals surface area (Å²) in [6.07, 6.45) is -2.71. The Morgan fingerprint density at radius 1 is 1.50 bits per heavy atom. The van der Waals surface area contributed by atoms with Crippen LogP contribution in [0.4, 0.5) is 18.9 Å². The van der Waals surface area contributed by atoms with E-state index in [-0.39, 0.29) is 5.92 Å². The van der Waals surface area contributed by atoms with E-state index in [0.29, 0.717) is 5.69 Å². The summed E-state index contributed by atoms with van der Waals surface area (Å²) in [5.74, 6) is -0.574. The second kappa shape index (κ2) is 6.12. The topological polar surface area (TPSA) is 46.9 Å². The number of rotatable bonds is 4. The maximum atomic E-state index is 12.9. The molecule has 0 aromatic carbocycles. The summed E-state index contributed by atoms with van der Waals surface area (Å²) in [7, 11) is 1.35. The zero-order valence-electron chi connectivity index (χ0n) is 12.4. The molecule has 0 aliphatic rings. The summed E-state index contributed by atoms with van der Waals surface area (Å²) < 4.78 is 39.7. The molecule has 1 N–H and O–H groups in total. The van der Waals surface area contributed by atoms with Gasteiger partial charge in [0.25, 0.3) is 5.91 Å². The van der Waals surface area contributed by atoms with Crippen LogP contribution < -0.4 is 5.32 Å². The lowest BCUT2D eigenvalue weighted by Crippen LogP contribution is -2.18. The van der Waals surface area contributed by atoms with Gasteiger partial charge >= 0.3 is 6.18 Å². The highest BCUT2D eigenvalue weighted by Gasteiger charge is 2.39. The van der Waals surface area contributed by atoms with Gasteiger partial charge in [-0.2, -0.15) is 18.3 Å². The van der Waals surface area contributed by atoms with E-state index in [1.165, 1.54) is 18.4 Å². The number of thiophene rings is 1. The average Bonchev–Trinajstić information content (AvgIpc) is 3.03. The molecule has 0 bridgehead atoms. The molecule has 0 saturated carbocycles. The first kappa shape index (κ1) is 16.5. The zero-order chi connectivity index (χ0) is 16.5. The zero-order valence-corrected chi connectivity index (χ0v) is 13.2. The van der Waals surface area contributed by atoms with Gasteiger partial charge < -0.3 is 5.32 Å². The molecule has 1 amide bonds. The van der Waals surface area contributed by atoms with Crippen molar-refractivity contribution in [3.8, 4) is 0 Å². The number of carbonyl (C=O) groups excluding carboxylic acids is 1. The molecule has 0 unspecified atom stereocenters. The van der Waals surface area contributed by atoms with E-state index in [4.69, 9.17) is 0 Å². The largest absolute Gasteiger partial charge is 0.435 e. The van der Waals surface area contributed by atoms with Crippen LogP contribution in [0.15, 0.2) is 17.6 Å². The Kier molecular flexibility index (Phi) is 4.60. The first-order chi connectivity index (χ1) is 10.2. The first-order valence-corrected chi connectivity index (χ1v) is 7.61. The fraction of sp³-hybridized carbons (Fsp3) is 0.429. The number of hydrogen-bond donors (Lipinski definition) is 1. The third-order valence-corrected chi connectivity index (χ3v) is 4.49. The quantitative estimate of drug-likeness (QED) is 0.909. The van der Waals surface area contributed by atoms with Gasteiger partial charge in [0.1, 0.15) is 0 Å². The summed E-state index contributed by atoms with van der Waals surface area (Å²) in [4.78, 5) is 13.1. The van der Waals surface area contributed by atoms with Gasteiger partial charge in [0, 0.05) is 18.1 Å². The van der Waals surface area contributed by atoms with Crippen molar-refractivity contribution < 1.29 is 18.0 Å². The van der Waals surface area contributed by atoms with E-state index in [0.717, 1.165) is 22.2 Å². The smallest absolute Gasteiger partial charge is 0.321 e. The molecule has 2 heterocycles. The Morgan fingerprint density at radius 2 is 2.18 bits per heavy atom. The lowest BCUT2D eigenvalue weighted by molar-refractivity contribution is -0.141. The molecule has 0 aliphatic carbocycles. The molecule has 0 spiro atoms. The number of aryl methyl sites for hydroxylation is 1. The lowest BCUT2D eigenvalue weighted by atomic mass is 10.1. The summed E-state index contributed by atoms with van der Waals surface area (Å²) >= 11 is 1.48. The van der Waals surface area contributed by atoms with Gasteiger partial charge in [-0.05, 0) is 23.8 Å². The van der Waals surface area contributed by atoms with Gasteiger partial charge in [-0.1, -0.05) is 13.8 Å². The van der Waals surface area contributed by atoms with E-state index in [1.807, 2.05) is 19.2 Å². The van der Waals surface area contributed by atoms with Gasteiger partial charge in [0.2, 0.25) is 0 Å². The normalized spacial score (nSPS) is 13.2. The number of amides is 1. The highest BCUT2D eigenvalue weighted by molar-refractivity contribution is 7.10. The Labute approximate surface area is 129 Å². The van der Waals surface area contributed by atoms with Gasteiger partial charge in [0.05, 0.1) is 11.3 Å². The van der Waals surface area contributed by atoms with Gasteiger partial charge in [-0.3, -0.25) is 9.48 Å². The van der Waals surface area contributed by atoms with Crippen molar-refractivity contribution in [1.29, 1.82) is 0 Å². The highest BCUT2D eigenvalue weighted by Crippen LogP contribution is 2.34. The van der Waals surface area contributed by atoms with Crippen LogP contribution in [0, 0.1) is 0 Å². The predicted octanol–water partition coefficient (Wildman–Crippen LogP) is 4.27. The van der Waals surface area contributed by atoms with Crippen molar-refractivity contribution in [3.63, 3.8) is 0 Å². The van der Waals surface area contributed by atoms with Crippen molar-refractivity contribution >= 4 is 22.9 Å². The molecular weight excluding hydrogens is 315 g/mol. The summed E-state index contributed by atoms with van der Waals surface area (Å²) in [5, 5.41) is 7.72. The molecule has 8 heteroatoms. The molecule has 0 aliphatic heterocycles. The molecule has 2 rings (SSSR count). The SMILES string of the molecule is CC[C@H](C)c1sccc1NC(=O)c1cn(C)nc1C(F)(F)F. The number of hydrogen-bond acceptors (Lipinski definition) is 3. The molecule has 2 aromatic rings. The number of aromatic nitrogens is 2. The van der Waals surface area contributed by atoms with Crippen LogP contribution in [0.1, 0.15) is 47.1 Å². The molecule has 0 fully saturated rings. The minimum absolute atomic E-state index is 0.228. The van der Waals surface area contributed by atoms with Crippen molar-refractivity contribution in [1.82, 2.24) is 9.78 Å². The summed E-state index contributed by atoms with van der Waals surface area (Å²) in [6.45, 7) is 4.02. The van der Waals surface area contributed by atoms with Crippen LogP contribution in [-0.4, -0.2) is 15.7 Å². The van der Waals surface area contributed by atoms with Gasteiger partial charge in [-0.15, -0.1) is 11.3 Å². The molecular formula is C14H16F3N3OS. The molecule has 2 aromatic heterocycles. The lowest BCUT2D eigenvalue weighted by Gasteiger charge is -2.11. The monoisotopic (exact) mass is 331 g/mol. The number of nitrogens with zero attached hydrogens (tertiary/aromatic N) is 2. The third kappa shape index (κ3) is 3.32. The van der Waals surface area contributed by atoms with Crippen LogP contribution >= 0.6 is 11.3 Å². The molecule has 0 radical (unpaired) electrons. The van der Waals surface area contributed by atoms with Crippen LogP contribution in [0.25, 0.3) is 0 Å². The van der Waals surface area contributed by atoms with Crippen molar-refractivity contribution in [2.45, 2.75) is 32.4 Å². The fourth-order valence-electron chi connectivity index (χ4n) is 2.04. The minimum Gasteiger partial charge on any atom is -0.321 e. The summed E-state index contributed by atoms with van der Waals surface area (Å²) in [6, 6.07) is 1.70. The molecule has 22 heavy (non-hydrogen) atoms. The third-order valence-electron chi connectivity index (χ3n) is 3.35. The standard InChI is InChI=1S/C14H16F3N3OS/c1-4-8(2)11-10(5-6-22-11)18-13(21)9-7-20(3)19-12(9)14(15,16)17/h5-8H,4H2,1-3H3,(H,18,21)/t8-/m0/s1. The molecule has 4 nitrogen and oxygen atoms in total. The summed E-state index contributed by atoms with van der Waals surface area (Å²) in [5.41, 5.74) is -1.09. The Balaban J connectivity index is 2.30. The van der Waals surface area contributed by atoms with Crippen LogP contribution in [0.2, 0.25) is 0 Å². The number of nitrogens with one attached hydrogen (secondary N) is 1. The molecule has 1 atom stereocenters. The maximum Gasteiger partial charge on any atom is 0.435 e. The highest BCUT2D eigenvalue weighted by atomic mass is 32.1. The van der Waals surface area contributed by atoms with Crippen LogP contribution in [0.3, 0.4) is 0 Å². The minimum atomic E-state index is -4.66. The van der Waals surface area contributed by atoms with E-state index in [9.17, 15) is 18.0 Å². The first-order valence-electron chi connectivity index (χ1n) is 6.73. The van der Waals surface area contributed by atoms with Crippen LogP contribution in [0.5, 0.6) is 0 Å². The Morgan fingerprint density at radius 3 is 2.77 bits per heavy atom. The van der Waals surface area contributed by atoms with Gasteiger partial charge in [0.15, 0.2) is 5.69 Å².